The molecule has 0 spiro atoms. The van der Waals surface area contributed by atoms with E-state index in [0.717, 1.165) is 10.9 Å². The van der Waals surface area contributed by atoms with E-state index in [1.165, 1.54) is 18.2 Å². The van der Waals surface area contributed by atoms with Gasteiger partial charge in [0.15, 0.2) is 12.4 Å². The molecule has 4 rings (SSSR count). The maximum atomic E-state index is 12.9. The third-order valence-electron chi connectivity index (χ3n) is 5.05. The molecule has 7 nitrogen and oxygen atoms in total. The van der Waals surface area contributed by atoms with Crippen LogP contribution >= 0.6 is 0 Å². The number of rotatable bonds is 7. The Hall–Kier alpha value is -3.91. The Bertz CT molecular complexity index is 1420. The van der Waals surface area contributed by atoms with Crippen LogP contribution in [0.4, 0.5) is 5.69 Å². The summed E-state index contributed by atoms with van der Waals surface area (Å²) >= 11 is 0. The molecule has 0 bridgehead atoms. The number of fused-ring (bicyclic) bond motifs is 1. The van der Waals surface area contributed by atoms with Gasteiger partial charge >= 0.3 is 5.97 Å². The molecular weight excluding hydrogens is 442 g/mol. The zero-order chi connectivity index (χ0) is 23.6. The van der Waals surface area contributed by atoms with Crippen LogP contribution in [0.15, 0.2) is 82.1 Å². The predicted octanol–water partition coefficient (Wildman–Crippen LogP) is 4.89. The number of anilines is 1. The van der Waals surface area contributed by atoms with E-state index in [2.05, 4.69) is 4.72 Å². The Morgan fingerprint density at radius 2 is 1.67 bits per heavy atom. The van der Waals surface area contributed by atoms with Gasteiger partial charge in [-0.1, -0.05) is 42.0 Å². The highest BCUT2D eigenvalue weighted by Gasteiger charge is 2.21. The number of hydrogen-bond donors (Lipinski definition) is 1. The van der Waals surface area contributed by atoms with E-state index in [0.29, 0.717) is 16.8 Å². The highest BCUT2D eigenvalue weighted by atomic mass is 32.2. The van der Waals surface area contributed by atoms with Gasteiger partial charge in [0, 0.05) is 11.1 Å². The molecule has 168 valence electrons. The van der Waals surface area contributed by atoms with Crippen molar-refractivity contribution in [2.24, 2.45) is 0 Å². The summed E-state index contributed by atoms with van der Waals surface area (Å²) in [4.78, 5) is 24.8. The Balaban J connectivity index is 1.48. The van der Waals surface area contributed by atoms with Crippen molar-refractivity contribution in [1.82, 2.24) is 0 Å². The van der Waals surface area contributed by atoms with E-state index >= 15 is 0 Å². The van der Waals surface area contributed by atoms with E-state index in [9.17, 15) is 18.0 Å². The summed E-state index contributed by atoms with van der Waals surface area (Å²) in [5, 5.41) is 0.765. The van der Waals surface area contributed by atoms with Crippen LogP contribution in [0.2, 0.25) is 0 Å². The van der Waals surface area contributed by atoms with Gasteiger partial charge in [-0.3, -0.25) is 9.52 Å². The molecule has 0 aliphatic rings. The quantitative estimate of drug-likeness (QED) is 0.309. The average Bonchev–Trinajstić information content (AvgIpc) is 3.23. The second kappa shape index (κ2) is 8.91. The molecule has 0 saturated carbocycles. The average molecular weight is 464 g/mol. The first kappa shape index (κ1) is 22.3. The lowest BCUT2D eigenvalue weighted by Crippen LogP contribution is -2.17. The second-order valence-corrected chi connectivity index (χ2v) is 9.25. The highest BCUT2D eigenvalue weighted by Crippen LogP contribution is 2.22. The number of hydrogen-bond acceptors (Lipinski definition) is 6. The van der Waals surface area contributed by atoms with Crippen LogP contribution in [0.1, 0.15) is 32.0 Å². The lowest BCUT2D eigenvalue weighted by atomic mass is 10.1. The van der Waals surface area contributed by atoms with Crippen molar-refractivity contribution in [1.29, 1.82) is 0 Å². The summed E-state index contributed by atoms with van der Waals surface area (Å²) in [5.41, 5.74) is 2.44. The van der Waals surface area contributed by atoms with Crippen LogP contribution in [0.5, 0.6) is 0 Å². The van der Waals surface area contributed by atoms with Crippen LogP contribution in [0, 0.1) is 13.8 Å². The maximum absolute atomic E-state index is 12.9. The Kier molecular flexibility index (Phi) is 6.02. The molecule has 1 N–H and O–H groups in total. The van der Waals surface area contributed by atoms with E-state index in [4.69, 9.17) is 9.15 Å². The van der Waals surface area contributed by atoms with Crippen molar-refractivity contribution in [3.05, 3.63) is 95.2 Å². The van der Waals surface area contributed by atoms with Gasteiger partial charge in [0.25, 0.3) is 10.0 Å². The molecule has 0 atom stereocenters. The third kappa shape index (κ3) is 4.96. The molecule has 0 radical (unpaired) electrons. The SMILES string of the molecule is Cc1ccc(NS(=O)(=O)c2cc(C(=O)OCC(=O)c3cc4ccccc4o3)ccc2C)cc1. The number of ether oxygens (including phenoxy) is 1. The van der Waals surface area contributed by atoms with E-state index in [1.54, 1.807) is 55.5 Å². The van der Waals surface area contributed by atoms with Crippen molar-refractivity contribution < 1.29 is 27.2 Å². The summed E-state index contributed by atoms with van der Waals surface area (Å²) in [5.74, 6) is -1.23. The van der Waals surface area contributed by atoms with Gasteiger partial charge in [0.2, 0.25) is 5.78 Å². The predicted molar refractivity (Wildman–Crippen MR) is 124 cm³/mol. The van der Waals surface area contributed by atoms with E-state index in [1.807, 2.05) is 13.0 Å². The minimum atomic E-state index is -3.94. The van der Waals surface area contributed by atoms with Crippen molar-refractivity contribution in [3.63, 3.8) is 0 Å². The lowest BCUT2D eigenvalue weighted by Gasteiger charge is -2.12. The molecule has 0 aliphatic heterocycles. The van der Waals surface area contributed by atoms with Gasteiger partial charge in [-0.2, -0.15) is 0 Å². The number of sulfonamides is 1. The van der Waals surface area contributed by atoms with Crippen molar-refractivity contribution in [3.8, 4) is 0 Å². The van der Waals surface area contributed by atoms with Crippen molar-refractivity contribution >= 4 is 38.4 Å². The number of furan rings is 1. The topological polar surface area (TPSA) is 103 Å². The fraction of sp³-hybridized carbons (Fsp3) is 0.120. The van der Waals surface area contributed by atoms with Gasteiger partial charge in [0.1, 0.15) is 5.58 Å². The molecular formula is C25H21NO6S. The summed E-state index contributed by atoms with van der Waals surface area (Å²) in [6.07, 6.45) is 0. The molecule has 0 aliphatic carbocycles. The Morgan fingerprint density at radius 1 is 0.939 bits per heavy atom. The second-order valence-electron chi connectivity index (χ2n) is 7.60. The number of carbonyl (C=O) groups excluding carboxylic acids is 2. The number of esters is 1. The number of carbonyl (C=O) groups is 2. The van der Waals surface area contributed by atoms with Crippen LogP contribution in [0.25, 0.3) is 11.0 Å². The molecule has 1 heterocycles. The zero-order valence-corrected chi connectivity index (χ0v) is 18.8. The molecule has 0 amide bonds. The smallest absolute Gasteiger partial charge is 0.338 e. The minimum absolute atomic E-state index is 0.0160. The first-order valence-corrected chi connectivity index (χ1v) is 11.6. The molecule has 8 heteroatoms. The van der Waals surface area contributed by atoms with Crippen LogP contribution in [-0.2, 0) is 14.8 Å². The van der Waals surface area contributed by atoms with Gasteiger partial charge in [0.05, 0.1) is 10.5 Å². The minimum Gasteiger partial charge on any atom is -0.454 e. The summed E-state index contributed by atoms with van der Waals surface area (Å²) in [6.45, 7) is 3.00. The lowest BCUT2D eigenvalue weighted by molar-refractivity contribution is 0.0468. The van der Waals surface area contributed by atoms with Crippen molar-refractivity contribution in [2.45, 2.75) is 18.7 Å². The fourth-order valence-corrected chi connectivity index (χ4v) is 4.58. The fourth-order valence-electron chi connectivity index (χ4n) is 3.25. The number of Topliss-reactive ketones (excluding diaryl/α,β-unsaturated/α-hetero) is 1. The largest absolute Gasteiger partial charge is 0.454 e. The molecule has 0 saturated heterocycles. The van der Waals surface area contributed by atoms with Gasteiger partial charge in [-0.25, -0.2) is 13.2 Å². The first-order valence-electron chi connectivity index (χ1n) is 10.1. The number of ketones is 1. The van der Waals surface area contributed by atoms with E-state index < -0.39 is 28.4 Å². The van der Waals surface area contributed by atoms with Gasteiger partial charge in [-0.05, 0) is 55.8 Å². The Labute approximate surface area is 191 Å². The normalized spacial score (nSPS) is 11.3. The highest BCUT2D eigenvalue weighted by molar-refractivity contribution is 7.92. The number of para-hydroxylation sites is 1. The van der Waals surface area contributed by atoms with Gasteiger partial charge in [-0.15, -0.1) is 0 Å². The molecule has 4 aromatic rings. The number of benzene rings is 3. The summed E-state index contributed by atoms with van der Waals surface area (Å²) < 4.78 is 38.9. The summed E-state index contributed by atoms with van der Waals surface area (Å²) in [6, 6.07) is 19.8. The first-order chi connectivity index (χ1) is 15.7. The monoisotopic (exact) mass is 463 g/mol. The standard InChI is InChI=1S/C25H21NO6S/c1-16-7-11-20(12-8-16)26-33(29,30)24-14-19(10-9-17(24)2)25(28)31-15-21(27)23-13-18-5-3-4-6-22(18)32-23/h3-14,26H,15H2,1-2H3. The maximum Gasteiger partial charge on any atom is 0.338 e. The summed E-state index contributed by atoms with van der Waals surface area (Å²) in [7, 11) is -3.94. The van der Waals surface area contributed by atoms with Gasteiger partial charge < -0.3 is 9.15 Å². The number of nitrogens with one attached hydrogen (secondary N) is 1. The number of aryl methyl sites for hydroxylation is 2. The van der Waals surface area contributed by atoms with Crippen molar-refractivity contribution in [2.75, 3.05) is 11.3 Å². The van der Waals surface area contributed by atoms with Crippen LogP contribution in [-0.4, -0.2) is 26.8 Å². The molecule has 3 aromatic carbocycles. The zero-order valence-electron chi connectivity index (χ0n) is 18.0. The molecule has 0 unspecified atom stereocenters. The molecule has 0 fully saturated rings. The third-order valence-corrected chi connectivity index (χ3v) is 6.58. The van der Waals surface area contributed by atoms with Crippen LogP contribution in [0.3, 0.4) is 0 Å². The molecule has 1 aromatic heterocycles. The van der Waals surface area contributed by atoms with E-state index in [-0.39, 0.29) is 16.2 Å². The molecule has 33 heavy (non-hydrogen) atoms. The Morgan fingerprint density at radius 3 is 2.39 bits per heavy atom. The van der Waals surface area contributed by atoms with Crippen LogP contribution < -0.4 is 4.72 Å².